The standard InChI is InChI=1S/C6H6O7S3/c7-6-4(15(10)11)1-3(14(8)9)2-5(6)16(12)13/h1-2,7H,(H,8,9)(H,10,11)(H,12,13)/p-3. The van der Waals surface area contributed by atoms with Crippen LogP contribution < -0.4 is 0 Å². The van der Waals surface area contributed by atoms with Gasteiger partial charge in [-0.05, 0) is 45.4 Å². The summed E-state index contributed by atoms with van der Waals surface area (Å²) in [7, 11) is 0. The first-order valence-electron chi connectivity index (χ1n) is 3.49. The number of aromatic hydroxyl groups is 1. The summed E-state index contributed by atoms with van der Waals surface area (Å²) in [6.07, 6.45) is 0. The third-order valence-corrected chi connectivity index (χ3v) is 3.53. The highest BCUT2D eigenvalue weighted by Crippen LogP contribution is 2.30. The van der Waals surface area contributed by atoms with Crippen LogP contribution in [-0.4, -0.2) is 31.4 Å². The van der Waals surface area contributed by atoms with Gasteiger partial charge in [-0.1, -0.05) is 0 Å². The van der Waals surface area contributed by atoms with Crippen LogP contribution in [-0.2, 0) is 33.2 Å². The highest BCUT2D eigenvalue weighted by molar-refractivity contribution is 7.81. The molecule has 3 unspecified atom stereocenters. The van der Waals surface area contributed by atoms with Crippen LogP contribution in [0.5, 0.6) is 5.75 Å². The van der Waals surface area contributed by atoms with Crippen LogP contribution in [0.2, 0.25) is 0 Å². The Morgan fingerprint density at radius 3 is 1.50 bits per heavy atom. The maximum absolute atomic E-state index is 10.6. The number of phenols is 1. The van der Waals surface area contributed by atoms with Crippen molar-refractivity contribution in [2.24, 2.45) is 0 Å². The molecule has 0 aliphatic rings. The second-order valence-corrected chi connectivity index (χ2v) is 5.23. The van der Waals surface area contributed by atoms with Gasteiger partial charge in [-0.25, -0.2) is 0 Å². The largest absolute Gasteiger partial charge is 0.768 e. The highest BCUT2D eigenvalue weighted by atomic mass is 32.2. The Bertz CT molecular complexity index is 462. The quantitative estimate of drug-likeness (QED) is 0.709. The van der Waals surface area contributed by atoms with Crippen molar-refractivity contribution >= 4 is 33.2 Å². The maximum atomic E-state index is 10.6. The molecule has 1 aromatic rings. The number of phenolic OH excluding ortho intramolecular Hbond substituents is 1. The SMILES string of the molecule is O=S([O-])c1cc(S(=O)[O-])c(O)c(S(=O)[O-])c1. The van der Waals surface area contributed by atoms with E-state index in [9.17, 15) is 31.4 Å². The van der Waals surface area contributed by atoms with Crippen LogP contribution in [0.4, 0.5) is 0 Å². The molecule has 90 valence electrons. The number of hydrogen-bond donors (Lipinski definition) is 1. The van der Waals surface area contributed by atoms with E-state index in [4.69, 9.17) is 0 Å². The molecule has 0 bridgehead atoms. The minimum absolute atomic E-state index is 0.545. The lowest BCUT2D eigenvalue weighted by atomic mass is 10.3. The van der Waals surface area contributed by atoms with Crippen molar-refractivity contribution in [1.29, 1.82) is 0 Å². The molecule has 0 aromatic heterocycles. The van der Waals surface area contributed by atoms with E-state index >= 15 is 0 Å². The fourth-order valence-corrected chi connectivity index (χ4v) is 2.53. The minimum atomic E-state index is -2.94. The number of rotatable bonds is 3. The first-order chi connectivity index (χ1) is 7.34. The van der Waals surface area contributed by atoms with Crippen LogP contribution in [0.1, 0.15) is 0 Å². The van der Waals surface area contributed by atoms with Gasteiger partial charge >= 0.3 is 0 Å². The first kappa shape index (κ1) is 13.4. The van der Waals surface area contributed by atoms with E-state index in [-0.39, 0.29) is 0 Å². The summed E-state index contributed by atoms with van der Waals surface area (Å²) in [5.74, 6) is -1.00. The molecule has 1 aromatic carbocycles. The van der Waals surface area contributed by atoms with Gasteiger partial charge in [-0.15, -0.1) is 0 Å². The normalized spacial score (nSPS) is 16.7. The molecule has 3 atom stereocenters. The summed E-state index contributed by atoms with van der Waals surface area (Å²) in [5, 5.41) is 9.25. The predicted molar refractivity (Wildman–Crippen MR) is 49.7 cm³/mol. The Morgan fingerprint density at radius 2 is 1.25 bits per heavy atom. The van der Waals surface area contributed by atoms with E-state index < -0.39 is 53.7 Å². The summed E-state index contributed by atoms with van der Waals surface area (Å²) in [6.45, 7) is 0. The summed E-state index contributed by atoms with van der Waals surface area (Å²) in [4.78, 5) is -2.13. The molecular formula is C6H3O7S3-3. The van der Waals surface area contributed by atoms with Gasteiger partial charge in [0.2, 0.25) is 0 Å². The Morgan fingerprint density at radius 1 is 0.875 bits per heavy atom. The minimum Gasteiger partial charge on any atom is -0.768 e. The summed E-state index contributed by atoms with van der Waals surface area (Å²) in [6, 6.07) is 1.30. The van der Waals surface area contributed by atoms with Gasteiger partial charge < -0.3 is 18.8 Å². The van der Waals surface area contributed by atoms with Crippen molar-refractivity contribution in [3.05, 3.63) is 12.1 Å². The van der Waals surface area contributed by atoms with Gasteiger partial charge in [-0.3, -0.25) is 12.6 Å². The Hall–Kier alpha value is -0.650. The zero-order chi connectivity index (χ0) is 12.5. The van der Waals surface area contributed by atoms with Crippen molar-refractivity contribution in [3.63, 3.8) is 0 Å². The van der Waals surface area contributed by atoms with Gasteiger partial charge in [0.1, 0.15) is 5.75 Å². The Kier molecular flexibility index (Phi) is 4.29. The smallest absolute Gasteiger partial charge is 0.145 e. The molecule has 0 aliphatic carbocycles. The predicted octanol–water partition coefficient (Wildman–Crippen LogP) is -0.894. The van der Waals surface area contributed by atoms with Gasteiger partial charge in [-0.2, -0.15) is 0 Å². The molecule has 0 fully saturated rings. The van der Waals surface area contributed by atoms with Crippen LogP contribution in [0, 0.1) is 0 Å². The van der Waals surface area contributed by atoms with Crippen LogP contribution in [0.15, 0.2) is 26.8 Å². The molecule has 0 radical (unpaired) electrons. The molecule has 0 spiro atoms. The molecule has 0 aliphatic heterocycles. The summed E-state index contributed by atoms with van der Waals surface area (Å²) >= 11 is -8.68. The molecule has 0 saturated heterocycles. The fourth-order valence-electron chi connectivity index (χ4n) is 0.909. The average molecular weight is 283 g/mol. The third-order valence-electron chi connectivity index (χ3n) is 1.57. The van der Waals surface area contributed by atoms with Crippen molar-refractivity contribution < 1.29 is 31.4 Å². The second kappa shape index (κ2) is 5.12. The zero-order valence-electron chi connectivity index (χ0n) is 7.28. The molecule has 1 N–H and O–H groups in total. The monoisotopic (exact) mass is 283 g/mol. The van der Waals surface area contributed by atoms with Crippen LogP contribution >= 0.6 is 0 Å². The highest BCUT2D eigenvalue weighted by Gasteiger charge is 2.11. The van der Waals surface area contributed by atoms with E-state index in [0.29, 0.717) is 12.1 Å². The molecule has 0 amide bonds. The number of hydrogen-bond acceptors (Lipinski definition) is 7. The number of benzene rings is 1. The second-order valence-electron chi connectivity index (χ2n) is 2.47. The lowest BCUT2D eigenvalue weighted by Crippen LogP contribution is -2.00. The fraction of sp³-hybridized carbons (Fsp3) is 0. The summed E-state index contributed by atoms with van der Waals surface area (Å²) < 4.78 is 63.6. The lowest BCUT2D eigenvalue weighted by Gasteiger charge is -2.16. The average Bonchev–Trinajstić information content (AvgIpc) is 2.16. The molecule has 0 heterocycles. The molecular weight excluding hydrogens is 280 g/mol. The van der Waals surface area contributed by atoms with Gasteiger partial charge in [0.05, 0.1) is 9.79 Å². The van der Waals surface area contributed by atoms with Gasteiger partial charge in [0.25, 0.3) is 0 Å². The van der Waals surface area contributed by atoms with Crippen LogP contribution in [0.25, 0.3) is 0 Å². The molecule has 10 heteroatoms. The van der Waals surface area contributed by atoms with E-state index in [1.807, 2.05) is 0 Å². The maximum Gasteiger partial charge on any atom is 0.145 e. The summed E-state index contributed by atoms with van der Waals surface area (Å²) in [5.41, 5.74) is 0. The van der Waals surface area contributed by atoms with Gasteiger partial charge in [0.15, 0.2) is 0 Å². The van der Waals surface area contributed by atoms with E-state index in [2.05, 4.69) is 0 Å². The van der Waals surface area contributed by atoms with E-state index in [0.717, 1.165) is 0 Å². The lowest BCUT2D eigenvalue weighted by molar-refractivity contribution is 0.435. The van der Waals surface area contributed by atoms with Crippen molar-refractivity contribution in [1.82, 2.24) is 0 Å². The van der Waals surface area contributed by atoms with Crippen molar-refractivity contribution in [2.45, 2.75) is 14.7 Å². The Labute approximate surface area is 97.4 Å². The zero-order valence-corrected chi connectivity index (χ0v) is 9.73. The molecule has 7 nitrogen and oxygen atoms in total. The van der Waals surface area contributed by atoms with Crippen molar-refractivity contribution in [2.75, 3.05) is 0 Å². The first-order valence-corrected chi connectivity index (χ1v) is 6.72. The van der Waals surface area contributed by atoms with Crippen molar-refractivity contribution in [3.8, 4) is 5.75 Å². The van der Waals surface area contributed by atoms with Crippen LogP contribution in [0.3, 0.4) is 0 Å². The van der Waals surface area contributed by atoms with E-state index in [1.54, 1.807) is 0 Å². The molecule has 16 heavy (non-hydrogen) atoms. The third kappa shape index (κ3) is 2.72. The topological polar surface area (TPSA) is 141 Å². The van der Waals surface area contributed by atoms with E-state index in [1.165, 1.54) is 0 Å². The molecule has 1 rings (SSSR count). The van der Waals surface area contributed by atoms with Gasteiger partial charge in [0, 0.05) is 4.90 Å². The Balaban J connectivity index is 3.57. The molecule has 0 saturated carbocycles.